The molecule has 2 aromatic carbocycles. The number of carbonyl (C=O) groups excluding carboxylic acids is 1. The van der Waals surface area contributed by atoms with Gasteiger partial charge in [-0.15, -0.1) is 0 Å². The van der Waals surface area contributed by atoms with Crippen LogP contribution in [0.4, 0.5) is 5.69 Å². The summed E-state index contributed by atoms with van der Waals surface area (Å²) in [5.41, 5.74) is 1.74. The topological polar surface area (TPSA) is 84.5 Å². The number of ether oxygens (including phenoxy) is 1. The first-order valence-electron chi connectivity index (χ1n) is 7.81. The number of methoxy groups -OCH3 is 1. The van der Waals surface area contributed by atoms with Gasteiger partial charge in [0, 0.05) is 11.6 Å². The van der Waals surface area contributed by atoms with E-state index in [1.807, 2.05) is 13.0 Å². The Labute approximate surface area is 148 Å². The lowest BCUT2D eigenvalue weighted by Gasteiger charge is -2.12. The van der Waals surface area contributed by atoms with Crippen molar-refractivity contribution in [1.29, 1.82) is 0 Å². The minimum Gasteiger partial charge on any atom is -0.495 e. The molecule has 0 heterocycles. The highest BCUT2D eigenvalue weighted by Gasteiger charge is 2.18. The van der Waals surface area contributed by atoms with Gasteiger partial charge in [0.05, 0.1) is 17.7 Å². The highest BCUT2D eigenvalue weighted by Crippen LogP contribution is 2.26. The molecule has 0 saturated heterocycles. The Morgan fingerprint density at radius 1 is 1.12 bits per heavy atom. The molecule has 2 aromatic rings. The summed E-state index contributed by atoms with van der Waals surface area (Å²) >= 11 is 0. The van der Waals surface area contributed by atoms with Gasteiger partial charge in [0.2, 0.25) is 10.0 Å². The Morgan fingerprint density at radius 2 is 1.84 bits per heavy atom. The number of hydrogen-bond donors (Lipinski definition) is 2. The summed E-state index contributed by atoms with van der Waals surface area (Å²) in [5.74, 6) is 0.120. The molecule has 0 spiro atoms. The second kappa shape index (κ2) is 7.67. The molecule has 25 heavy (non-hydrogen) atoms. The summed E-state index contributed by atoms with van der Waals surface area (Å²) in [6.45, 7) is 5.37. The van der Waals surface area contributed by atoms with Crippen LogP contribution in [0.3, 0.4) is 0 Å². The van der Waals surface area contributed by atoms with Crippen LogP contribution in [0.15, 0.2) is 47.4 Å². The first-order valence-corrected chi connectivity index (χ1v) is 9.29. The van der Waals surface area contributed by atoms with Crippen molar-refractivity contribution < 1.29 is 17.9 Å². The maximum atomic E-state index is 12.5. The predicted octanol–water partition coefficient (Wildman–Crippen LogP) is 2.94. The van der Waals surface area contributed by atoms with Crippen molar-refractivity contribution in [3.8, 4) is 5.75 Å². The van der Waals surface area contributed by atoms with Crippen molar-refractivity contribution in [2.24, 2.45) is 0 Å². The Hall–Kier alpha value is -2.38. The lowest BCUT2D eigenvalue weighted by molar-refractivity contribution is 0.102. The van der Waals surface area contributed by atoms with Gasteiger partial charge in [-0.05, 0) is 56.7 Å². The summed E-state index contributed by atoms with van der Waals surface area (Å²) < 4.78 is 32.3. The van der Waals surface area contributed by atoms with Gasteiger partial charge in [-0.25, -0.2) is 13.1 Å². The van der Waals surface area contributed by atoms with Crippen LogP contribution in [-0.2, 0) is 10.0 Å². The molecule has 0 aliphatic carbocycles. The molecule has 0 bridgehead atoms. The van der Waals surface area contributed by atoms with Gasteiger partial charge in [0.25, 0.3) is 5.91 Å². The second-order valence-corrected chi connectivity index (χ2v) is 7.68. The van der Waals surface area contributed by atoms with E-state index >= 15 is 0 Å². The molecule has 7 heteroatoms. The van der Waals surface area contributed by atoms with E-state index in [0.29, 0.717) is 11.4 Å². The van der Waals surface area contributed by atoms with Crippen LogP contribution in [0.25, 0.3) is 0 Å². The molecule has 0 saturated carbocycles. The predicted molar refractivity (Wildman–Crippen MR) is 97.6 cm³/mol. The Balaban J connectivity index is 2.30. The fourth-order valence-corrected chi connectivity index (χ4v) is 3.59. The van der Waals surface area contributed by atoms with Crippen molar-refractivity contribution in [3.05, 3.63) is 53.6 Å². The molecule has 0 aliphatic rings. The third kappa shape index (κ3) is 4.80. The molecule has 0 fully saturated rings. The van der Waals surface area contributed by atoms with Gasteiger partial charge in [-0.1, -0.05) is 12.1 Å². The Kier molecular flexibility index (Phi) is 5.81. The summed E-state index contributed by atoms with van der Waals surface area (Å²) in [6.07, 6.45) is 0. The maximum Gasteiger partial charge on any atom is 0.255 e. The molecular weight excluding hydrogens is 340 g/mol. The number of rotatable bonds is 6. The zero-order chi connectivity index (χ0) is 18.6. The molecular formula is C18H22N2O4S. The van der Waals surface area contributed by atoms with E-state index in [1.54, 1.807) is 32.0 Å². The average molecular weight is 362 g/mol. The number of benzene rings is 2. The average Bonchev–Trinajstić information content (AvgIpc) is 2.54. The number of aryl methyl sites for hydroxylation is 1. The molecule has 134 valence electrons. The number of amides is 1. The van der Waals surface area contributed by atoms with E-state index in [1.165, 1.54) is 25.3 Å². The van der Waals surface area contributed by atoms with Gasteiger partial charge in [-0.3, -0.25) is 4.79 Å². The van der Waals surface area contributed by atoms with Crippen molar-refractivity contribution in [1.82, 2.24) is 4.72 Å². The molecule has 2 N–H and O–H groups in total. The number of sulfonamides is 1. The normalized spacial score (nSPS) is 11.4. The first kappa shape index (κ1) is 19.0. The van der Waals surface area contributed by atoms with Crippen molar-refractivity contribution in [2.45, 2.75) is 31.7 Å². The number of anilines is 1. The minimum atomic E-state index is -3.66. The van der Waals surface area contributed by atoms with E-state index in [0.717, 1.165) is 5.56 Å². The minimum absolute atomic E-state index is 0.0463. The smallest absolute Gasteiger partial charge is 0.255 e. The van der Waals surface area contributed by atoms with Crippen molar-refractivity contribution in [3.63, 3.8) is 0 Å². The lowest BCUT2D eigenvalue weighted by Crippen LogP contribution is -2.30. The van der Waals surface area contributed by atoms with Gasteiger partial charge >= 0.3 is 0 Å². The quantitative estimate of drug-likeness (QED) is 0.827. The Morgan fingerprint density at radius 3 is 2.48 bits per heavy atom. The molecule has 0 aromatic heterocycles. The molecule has 0 unspecified atom stereocenters. The molecule has 6 nitrogen and oxygen atoms in total. The van der Waals surface area contributed by atoms with Crippen molar-refractivity contribution >= 4 is 21.6 Å². The number of hydrogen-bond acceptors (Lipinski definition) is 4. The van der Waals surface area contributed by atoms with Gasteiger partial charge < -0.3 is 10.1 Å². The first-order chi connectivity index (χ1) is 11.7. The zero-order valence-corrected chi connectivity index (χ0v) is 15.5. The SMILES string of the molecule is COc1ccc(C)cc1NC(=O)c1cccc(S(=O)(=O)NC(C)C)c1. The van der Waals surface area contributed by atoms with Crippen molar-refractivity contribution in [2.75, 3.05) is 12.4 Å². The Bertz CT molecular complexity index is 876. The maximum absolute atomic E-state index is 12.5. The van der Waals surface area contributed by atoms with E-state index in [9.17, 15) is 13.2 Å². The lowest BCUT2D eigenvalue weighted by atomic mass is 10.1. The van der Waals surface area contributed by atoms with Gasteiger partial charge in [0.1, 0.15) is 5.75 Å². The molecule has 0 aliphatic heterocycles. The van der Waals surface area contributed by atoms with E-state index < -0.39 is 15.9 Å². The largest absolute Gasteiger partial charge is 0.495 e. The summed E-state index contributed by atoms with van der Waals surface area (Å²) in [4.78, 5) is 12.6. The highest BCUT2D eigenvalue weighted by molar-refractivity contribution is 7.89. The summed E-state index contributed by atoms with van der Waals surface area (Å²) in [5, 5.41) is 2.76. The molecule has 0 atom stereocenters. The third-order valence-corrected chi connectivity index (χ3v) is 5.06. The summed E-state index contributed by atoms with van der Waals surface area (Å²) in [6, 6.07) is 11.1. The van der Waals surface area contributed by atoms with Crippen LogP contribution in [0, 0.1) is 6.92 Å². The fraction of sp³-hybridized carbons (Fsp3) is 0.278. The van der Waals surface area contributed by atoms with E-state index in [-0.39, 0.29) is 16.5 Å². The van der Waals surface area contributed by atoms with Crippen LogP contribution < -0.4 is 14.8 Å². The second-order valence-electron chi connectivity index (χ2n) is 5.96. The van der Waals surface area contributed by atoms with Crippen LogP contribution in [0.2, 0.25) is 0 Å². The molecule has 0 radical (unpaired) electrons. The standard InChI is InChI=1S/C18H22N2O4S/c1-12(2)20-25(22,23)15-7-5-6-14(11-15)18(21)19-16-10-13(3)8-9-17(16)24-4/h5-12,20H,1-4H3,(H,19,21). The third-order valence-electron chi connectivity index (χ3n) is 3.40. The monoisotopic (exact) mass is 362 g/mol. The number of carbonyl (C=O) groups is 1. The fourth-order valence-electron chi connectivity index (χ4n) is 2.30. The van der Waals surface area contributed by atoms with Crippen LogP contribution >= 0.6 is 0 Å². The van der Waals surface area contributed by atoms with Crippen LogP contribution in [0.5, 0.6) is 5.75 Å². The summed E-state index contributed by atoms with van der Waals surface area (Å²) in [7, 11) is -2.14. The zero-order valence-electron chi connectivity index (χ0n) is 14.7. The van der Waals surface area contributed by atoms with Crippen LogP contribution in [0.1, 0.15) is 29.8 Å². The van der Waals surface area contributed by atoms with Gasteiger partial charge in [-0.2, -0.15) is 0 Å². The van der Waals surface area contributed by atoms with E-state index in [2.05, 4.69) is 10.0 Å². The van der Waals surface area contributed by atoms with Gasteiger partial charge in [0.15, 0.2) is 0 Å². The highest BCUT2D eigenvalue weighted by atomic mass is 32.2. The number of nitrogens with one attached hydrogen (secondary N) is 2. The molecule has 1 amide bonds. The van der Waals surface area contributed by atoms with Crippen LogP contribution in [-0.4, -0.2) is 27.5 Å². The molecule has 2 rings (SSSR count). The van der Waals surface area contributed by atoms with E-state index in [4.69, 9.17) is 4.74 Å².